The Bertz CT molecular complexity index is 1730. The van der Waals surface area contributed by atoms with Gasteiger partial charge in [0.25, 0.3) is 0 Å². The van der Waals surface area contributed by atoms with Gasteiger partial charge in [-0.15, -0.1) is 0 Å². The van der Waals surface area contributed by atoms with Crippen molar-refractivity contribution in [1.82, 2.24) is 4.98 Å². The van der Waals surface area contributed by atoms with Crippen molar-refractivity contribution in [1.29, 1.82) is 0 Å². The second-order valence-corrected chi connectivity index (χ2v) is 16.0. The maximum Gasteiger partial charge on any atom is 0.309 e. The Morgan fingerprint density at radius 1 is 0.930 bits per heavy atom. The number of rotatable bonds is 2. The van der Waals surface area contributed by atoms with Gasteiger partial charge in [-0.2, -0.15) is 0 Å². The van der Waals surface area contributed by atoms with Gasteiger partial charge in [0.15, 0.2) is 11.5 Å². The molecule has 3 fully saturated rings. The van der Waals surface area contributed by atoms with Gasteiger partial charge in [0, 0.05) is 28.4 Å². The second kappa shape index (κ2) is 8.70. The Labute approximate surface area is 255 Å². The normalized spacial score (nSPS) is 38.4. The molecule has 0 aliphatic heterocycles. The van der Waals surface area contributed by atoms with Gasteiger partial charge in [0.2, 0.25) is 0 Å². The van der Waals surface area contributed by atoms with Crippen molar-refractivity contribution in [3.63, 3.8) is 0 Å². The number of aromatic amines is 1. The summed E-state index contributed by atoms with van der Waals surface area (Å²) in [5, 5.41) is 33.5. The largest absolute Gasteiger partial charge is 0.504 e. The Morgan fingerprint density at radius 3 is 2.37 bits per heavy atom. The number of carboxylic acids is 1. The number of phenols is 2. The van der Waals surface area contributed by atoms with Crippen LogP contribution in [0.4, 0.5) is 0 Å². The van der Waals surface area contributed by atoms with Gasteiger partial charge < -0.3 is 20.3 Å². The molecule has 0 radical (unpaired) electrons. The molecule has 0 amide bonds. The Hall–Kier alpha value is -3.21. The molecule has 4 aliphatic carbocycles. The highest BCUT2D eigenvalue weighted by atomic mass is 16.4. The number of carbonyl (C=O) groups is 1. The SMILES string of the molecule is Cc1ccc2[nH]cc(C3C=C4[C@@](C)(CC[C@@]5(C)[C@@H]6C[C@](C)(C(=O)O)CC[C@]6(C)CC[C@]45C)c4cc(O)c(O)c(C)c43)c2c1. The van der Waals surface area contributed by atoms with Crippen molar-refractivity contribution >= 4 is 16.9 Å². The van der Waals surface area contributed by atoms with E-state index >= 15 is 0 Å². The molecule has 0 saturated heterocycles. The second-order valence-electron chi connectivity index (χ2n) is 16.0. The molecule has 4 aliphatic rings. The molecule has 5 heteroatoms. The van der Waals surface area contributed by atoms with E-state index in [1.165, 1.54) is 22.1 Å². The topological polar surface area (TPSA) is 93.6 Å². The predicted molar refractivity (Wildman–Crippen MR) is 171 cm³/mol. The fourth-order valence-corrected chi connectivity index (χ4v) is 10.7. The standard InChI is InChI=1S/C38H47NO4/c1-21-8-9-27-23(16-21)25(20-39-27)24-17-29-36(5,26-18-28(40)32(41)22(2)31(24)26)13-15-38(7)30-19-35(4,33(42)43)11-10-34(30,3)12-14-37(29,38)6/h8-9,16-18,20,24,30,39-41H,10-15,19H2,1-7H3,(H,42,43)/t24?,30-,34-,35-,36+,37-,38+/m1/s1. The number of carboxylic acid groups (broad SMARTS) is 1. The van der Waals surface area contributed by atoms with Crippen molar-refractivity contribution in [2.45, 2.75) is 105 Å². The fraction of sp³-hybridized carbons (Fsp3) is 0.553. The Morgan fingerprint density at radius 2 is 1.65 bits per heavy atom. The minimum Gasteiger partial charge on any atom is -0.504 e. The Kier molecular flexibility index (Phi) is 5.78. The third-order valence-electron chi connectivity index (χ3n) is 13.8. The summed E-state index contributed by atoms with van der Waals surface area (Å²) in [6.07, 6.45) is 11.2. The lowest BCUT2D eigenvalue weighted by Crippen LogP contribution is -2.62. The summed E-state index contributed by atoms with van der Waals surface area (Å²) in [5.41, 5.74) is 6.85. The van der Waals surface area contributed by atoms with E-state index in [2.05, 4.69) is 70.1 Å². The summed E-state index contributed by atoms with van der Waals surface area (Å²) in [6.45, 7) is 15.8. The van der Waals surface area contributed by atoms with Gasteiger partial charge in [0.05, 0.1) is 5.41 Å². The van der Waals surface area contributed by atoms with E-state index in [0.717, 1.165) is 67.2 Å². The average molecular weight is 582 g/mol. The lowest BCUT2D eigenvalue weighted by molar-refractivity contribution is -0.177. The van der Waals surface area contributed by atoms with Gasteiger partial charge in [-0.25, -0.2) is 0 Å². The van der Waals surface area contributed by atoms with Crippen LogP contribution >= 0.6 is 0 Å². The number of hydrogen-bond donors (Lipinski definition) is 4. The molecule has 7 rings (SSSR count). The zero-order valence-corrected chi connectivity index (χ0v) is 26.8. The molecule has 1 unspecified atom stereocenters. The van der Waals surface area contributed by atoms with Crippen LogP contribution in [-0.2, 0) is 10.2 Å². The number of aromatic hydroxyl groups is 2. The monoisotopic (exact) mass is 581 g/mol. The summed E-state index contributed by atoms with van der Waals surface area (Å²) in [7, 11) is 0. The van der Waals surface area contributed by atoms with Crippen LogP contribution < -0.4 is 0 Å². The van der Waals surface area contributed by atoms with Crippen LogP contribution in [0.1, 0.15) is 113 Å². The van der Waals surface area contributed by atoms with Crippen molar-refractivity contribution in [2.75, 3.05) is 0 Å². The number of phenolic OH excluding ortho intramolecular Hbond substituents is 2. The lowest BCUT2D eigenvalue weighted by Gasteiger charge is -2.70. The van der Waals surface area contributed by atoms with E-state index in [1.807, 2.05) is 19.9 Å². The van der Waals surface area contributed by atoms with Crippen LogP contribution in [0.25, 0.3) is 10.9 Å². The maximum atomic E-state index is 12.6. The zero-order valence-electron chi connectivity index (χ0n) is 26.8. The van der Waals surface area contributed by atoms with Crippen LogP contribution in [0, 0.1) is 41.4 Å². The van der Waals surface area contributed by atoms with Crippen LogP contribution in [0.2, 0.25) is 0 Å². The number of nitrogens with one attached hydrogen (secondary N) is 1. The van der Waals surface area contributed by atoms with Crippen LogP contribution in [0.15, 0.2) is 42.1 Å². The number of allylic oxidation sites excluding steroid dienone is 2. The number of benzene rings is 2. The van der Waals surface area contributed by atoms with Crippen molar-refractivity contribution in [3.8, 4) is 11.5 Å². The first-order valence-corrected chi connectivity index (χ1v) is 16.2. The van der Waals surface area contributed by atoms with Gasteiger partial charge in [-0.3, -0.25) is 4.79 Å². The zero-order chi connectivity index (χ0) is 30.9. The van der Waals surface area contributed by atoms with Crippen molar-refractivity contribution in [2.24, 2.45) is 27.6 Å². The molecule has 4 N–H and O–H groups in total. The molecule has 1 heterocycles. The summed E-state index contributed by atoms with van der Waals surface area (Å²) >= 11 is 0. The van der Waals surface area contributed by atoms with Gasteiger partial charge >= 0.3 is 5.97 Å². The maximum absolute atomic E-state index is 12.6. The number of H-pyrrole nitrogens is 1. The highest BCUT2D eigenvalue weighted by Gasteiger charge is 2.67. The first-order valence-electron chi connectivity index (χ1n) is 16.2. The first kappa shape index (κ1) is 28.6. The number of hydrogen-bond acceptors (Lipinski definition) is 3. The average Bonchev–Trinajstić information content (AvgIpc) is 3.37. The molecular weight excluding hydrogens is 534 g/mol. The molecule has 7 atom stereocenters. The van der Waals surface area contributed by atoms with Crippen molar-refractivity contribution < 1.29 is 20.1 Å². The number of aliphatic carboxylic acids is 1. The smallest absolute Gasteiger partial charge is 0.309 e. The highest BCUT2D eigenvalue weighted by molar-refractivity contribution is 5.86. The third kappa shape index (κ3) is 3.54. The summed E-state index contributed by atoms with van der Waals surface area (Å²) in [5.74, 6) is -0.507. The molecule has 1 aromatic heterocycles. The number of fused-ring (bicyclic) bond motifs is 8. The molecule has 2 aromatic carbocycles. The lowest BCUT2D eigenvalue weighted by atomic mass is 9.34. The quantitative estimate of drug-likeness (QED) is 0.179. The Balaban J connectivity index is 1.47. The van der Waals surface area contributed by atoms with E-state index in [0.29, 0.717) is 5.92 Å². The highest BCUT2D eigenvalue weighted by Crippen LogP contribution is 2.75. The summed E-state index contributed by atoms with van der Waals surface area (Å²) in [4.78, 5) is 16.1. The summed E-state index contributed by atoms with van der Waals surface area (Å²) in [6, 6.07) is 8.36. The van der Waals surface area contributed by atoms with Crippen LogP contribution in [0.5, 0.6) is 11.5 Å². The molecule has 228 valence electrons. The molecule has 3 saturated carbocycles. The molecule has 5 nitrogen and oxygen atoms in total. The fourth-order valence-electron chi connectivity index (χ4n) is 10.7. The summed E-state index contributed by atoms with van der Waals surface area (Å²) < 4.78 is 0. The molecule has 3 aromatic rings. The minimum absolute atomic E-state index is 0.0318. The van der Waals surface area contributed by atoms with E-state index in [1.54, 1.807) is 0 Å². The molecule has 0 bridgehead atoms. The van der Waals surface area contributed by atoms with Gasteiger partial charge in [-0.1, -0.05) is 51.0 Å². The number of aryl methyl sites for hydroxylation is 1. The van der Waals surface area contributed by atoms with E-state index in [9.17, 15) is 20.1 Å². The van der Waals surface area contributed by atoms with E-state index in [-0.39, 0.29) is 39.1 Å². The third-order valence-corrected chi connectivity index (χ3v) is 13.8. The van der Waals surface area contributed by atoms with E-state index < -0.39 is 11.4 Å². The minimum atomic E-state index is -0.690. The molecule has 0 spiro atoms. The first-order chi connectivity index (χ1) is 20.1. The van der Waals surface area contributed by atoms with Crippen molar-refractivity contribution in [3.05, 3.63) is 69.9 Å². The molecule has 43 heavy (non-hydrogen) atoms. The molecular formula is C38H47NO4. The van der Waals surface area contributed by atoms with Gasteiger partial charge in [0.1, 0.15) is 0 Å². The predicted octanol–water partition coefficient (Wildman–Crippen LogP) is 9.02. The number of aromatic nitrogens is 1. The van der Waals surface area contributed by atoms with Gasteiger partial charge in [-0.05, 0) is 128 Å². The van der Waals surface area contributed by atoms with Crippen LogP contribution in [-0.4, -0.2) is 26.3 Å². The van der Waals surface area contributed by atoms with Crippen LogP contribution in [0.3, 0.4) is 0 Å². The van der Waals surface area contributed by atoms with E-state index in [4.69, 9.17) is 0 Å².